The van der Waals surface area contributed by atoms with Gasteiger partial charge in [0.2, 0.25) is 0 Å². The Morgan fingerprint density at radius 1 is 0.750 bits per heavy atom. The molecule has 0 unspecified atom stereocenters. The van der Waals surface area contributed by atoms with Crippen molar-refractivity contribution in [3.63, 3.8) is 0 Å². The molecular formula is C22H28O6. The third kappa shape index (κ3) is 6.37. The standard InChI is InChI=1S/C22H28O6/c1-24-18-12-17(13-19(15-18)25-2)8-10-22(23)28-11-5-6-16-7-9-20(26-3)21(14-16)27-4/h7,9,12-15H,5-6,8,10-11H2,1-4H3. The van der Waals surface area contributed by atoms with Gasteiger partial charge in [-0.2, -0.15) is 0 Å². The van der Waals surface area contributed by atoms with Crippen molar-refractivity contribution in [3.8, 4) is 23.0 Å². The minimum Gasteiger partial charge on any atom is -0.497 e. The smallest absolute Gasteiger partial charge is 0.306 e. The fraction of sp³-hybridized carbons (Fsp3) is 0.409. The van der Waals surface area contributed by atoms with Crippen LogP contribution in [-0.2, 0) is 22.4 Å². The highest BCUT2D eigenvalue weighted by Gasteiger charge is 2.08. The molecule has 2 aromatic carbocycles. The van der Waals surface area contributed by atoms with Crippen LogP contribution >= 0.6 is 0 Å². The van der Waals surface area contributed by atoms with E-state index in [1.807, 2.05) is 30.3 Å². The molecule has 28 heavy (non-hydrogen) atoms. The van der Waals surface area contributed by atoms with Gasteiger partial charge in [0.15, 0.2) is 11.5 Å². The Balaban J connectivity index is 1.74. The Morgan fingerprint density at radius 3 is 2.04 bits per heavy atom. The molecule has 0 spiro atoms. The fourth-order valence-corrected chi connectivity index (χ4v) is 2.83. The van der Waals surface area contributed by atoms with Crippen LogP contribution in [0.3, 0.4) is 0 Å². The number of ether oxygens (including phenoxy) is 5. The first-order valence-electron chi connectivity index (χ1n) is 9.18. The highest BCUT2D eigenvalue weighted by atomic mass is 16.5. The van der Waals surface area contributed by atoms with Gasteiger partial charge >= 0.3 is 5.97 Å². The summed E-state index contributed by atoms with van der Waals surface area (Å²) in [7, 11) is 6.43. The minimum atomic E-state index is -0.214. The summed E-state index contributed by atoms with van der Waals surface area (Å²) in [5.74, 6) is 2.60. The Kier molecular flexibility index (Phi) is 8.46. The highest BCUT2D eigenvalue weighted by molar-refractivity contribution is 5.69. The predicted molar refractivity (Wildman–Crippen MR) is 107 cm³/mol. The van der Waals surface area contributed by atoms with Gasteiger partial charge in [0.25, 0.3) is 0 Å². The maximum Gasteiger partial charge on any atom is 0.306 e. The second-order valence-electron chi connectivity index (χ2n) is 6.23. The lowest BCUT2D eigenvalue weighted by Gasteiger charge is -2.10. The Hall–Kier alpha value is -2.89. The summed E-state index contributed by atoms with van der Waals surface area (Å²) in [6.07, 6.45) is 2.42. The van der Waals surface area contributed by atoms with Crippen LogP contribution in [0.1, 0.15) is 24.0 Å². The lowest BCUT2D eigenvalue weighted by molar-refractivity contribution is -0.143. The molecule has 0 atom stereocenters. The molecule has 0 radical (unpaired) electrons. The Bertz CT molecular complexity index is 749. The molecule has 0 aliphatic carbocycles. The van der Waals surface area contributed by atoms with Crippen molar-refractivity contribution in [2.45, 2.75) is 25.7 Å². The average molecular weight is 388 g/mol. The summed E-state index contributed by atoms with van der Waals surface area (Å²) in [5.41, 5.74) is 2.08. The van der Waals surface area contributed by atoms with Crippen molar-refractivity contribution in [2.75, 3.05) is 35.0 Å². The number of hydrogen-bond donors (Lipinski definition) is 0. The zero-order valence-electron chi connectivity index (χ0n) is 16.9. The first-order chi connectivity index (χ1) is 13.6. The van der Waals surface area contributed by atoms with Gasteiger partial charge in [0, 0.05) is 12.5 Å². The molecule has 0 heterocycles. The lowest BCUT2D eigenvalue weighted by atomic mass is 10.1. The number of aryl methyl sites for hydroxylation is 2. The molecule has 0 fully saturated rings. The first-order valence-corrected chi connectivity index (χ1v) is 9.18. The van der Waals surface area contributed by atoms with Crippen molar-refractivity contribution in [2.24, 2.45) is 0 Å². The van der Waals surface area contributed by atoms with E-state index in [2.05, 4.69) is 0 Å². The maximum absolute atomic E-state index is 12.0. The van der Waals surface area contributed by atoms with Gasteiger partial charge in [0.1, 0.15) is 11.5 Å². The monoisotopic (exact) mass is 388 g/mol. The average Bonchev–Trinajstić information content (AvgIpc) is 2.74. The molecule has 152 valence electrons. The van der Waals surface area contributed by atoms with Crippen LogP contribution < -0.4 is 18.9 Å². The number of carbonyl (C=O) groups excluding carboxylic acids is 1. The number of methoxy groups -OCH3 is 4. The quantitative estimate of drug-likeness (QED) is 0.431. The van der Waals surface area contributed by atoms with Crippen LogP contribution in [-0.4, -0.2) is 41.0 Å². The van der Waals surface area contributed by atoms with E-state index in [1.54, 1.807) is 34.5 Å². The van der Waals surface area contributed by atoms with Gasteiger partial charge in [-0.15, -0.1) is 0 Å². The summed E-state index contributed by atoms with van der Waals surface area (Å²) in [4.78, 5) is 12.0. The molecule has 0 aliphatic rings. The predicted octanol–water partition coefficient (Wildman–Crippen LogP) is 3.83. The zero-order valence-corrected chi connectivity index (χ0v) is 16.9. The zero-order chi connectivity index (χ0) is 20.4. The number of benzene rings is 2. The van der Waals surface area contributed by atoms with Crippen molar-refractivity contribution < 1.29 is 28.5 Å². The summed E-state index contributed by atoms with van der Waals surface area (Å²) in [5, 5.41) is 0. The van der Waals surface area contributed by atoms with Gasteiger partial charge in [-0.25, -0.2) is 0 Å². The molecule has 0 amide bonds. The number of rotatable bonds is 11. The van der Waals surface area contributed by atoms with Gasteiger partial charge in [0.05, 0.1) is 35.0 Å². The van der Waals surface area contributed by atoms with Crippen molar-refractivity contribution in [1.29, 1.82) is 0 Å². The van der Waals surface area contributed by atoms with Crippen LogP contribution in [0.5, 0.6) is 23.0 Å². The molecule has 0 saturated heterocycles. The van der Waals surface area contributed by atoms with Crippen molar-refractivity contribution in [3.05, 3.63) is 47.5 Å². The normalized spacial score (nSPS) is 10.3. The number of carbonyl (C=O) groups is 1. The molecule has 0 aromatic heterocycles. The second kappa shape index (κ2) is 11.1. The van der Waals surface area contributed by atoms with Gasteiger partial charge in [-0.05, 0) is 54.7 Å². The van der Waals surface area contributed by atoms with E-state index in [9.17, 15) is 4.79 Å². The molecule has 0 saturated carbocycles. The van der Waals surface area contributed by atoms with E-state index in [0.29, 0.717) is 42.4 Å². The third-order valence-corrected chi connectivity index (χ3v) is 4.35. The molecule has 0 bridgehead atoms. The molecule has 6 heteroatoms. The van der Waals surface area contributed by atoms with Crippen molar-refractivity contribution >= 4 is 5.97 Å². The summed E-state index contributed by atoms with van der Waals surface area (Å²) in [6, 6.07) is 11.4. The van der Waals surface area contributed by atoms with E-state index in [-0.39, 0.29) is 5.97 Å². The number of esters is 1. The second-order valence-corrected chi connectivity index (χ2v) is 6.23. The molecule has 2 rings (SSSR count). The van der Waals surface area contributed by atoms with Crippen molar-refractivity contribution in [1.82, 2.24) is 0 Å². The lowest BCUT2D eigenvalue weighted by Crippen LogP contribution is -2.08. The van der Waals surface area contributed by atoms with Crippen LogP contribution in [0.2, 0.25) is 0 Å². The first kappa shape index (κ1) is 21.4. The van der Waals surface area contributed by atoms with E-state index < -0.39 is 0 Å². The van der Waals surface area contributed by atoms with Crippen LogP contribution in [0.25, 0.3) is 0 Å². The van der Waals surface area contributed by atoms with Gasteiger partial charge in [-0.1, -0.05) is 6.07 Å². The van der Waals surface area contributed by atoms with E-state index in [0.717, 1.165) is 24.0 Å². The third-order valence-electron chi connectivity index (χ3n) is 4.35. The highest BCUT2D eigenvalue weighted by Crippen LogP contribution is 2.28. The van der Waals surface area contributed by atoms with E-state index in [1.165, 1.54) is 0 Å². The molecule has 6 nitrogen and oxygen atoms in total. The maximum atomic E-state index is 12.0. The Labute approximate surface area is 166 Å². The van der Waals surface area contributed by atoms with Crippen LogP contribution in [0.15, 0.2) is 36.4 Å². The summed E-state index contributed by atoms with van der Waals surface area (Å²) >= 11 is 0. The molecule has 0 N–H and O–H groups in total. The van der Waals surface area contributed by atoms with Crippen LogP contribution in [0.4, 0.5) is 0 Å². The van der Waals surface area contributed by atoms with E-state index >= 15 is 0 Å². The van der Waals surface area contributed by atoms with Gasteiger partial charge in [-0.3, -0.25) is 4.79 Å². The molecule has 0 aliphatic heterocycles. The van der Waals surface area contributed by atoms with Gasteiger partial charge < -0.3 is 23.7 Å². The Morgan fingerprint density at radius 2 is 1.43 bits per heavy atom. The minimum absolute atomic E-state index is 0.214. The van der Waals surface area contributed by atoms with Crippen LogP contribution in [0, 0.1) is 0 Å². The number of hydrogen-bond acceptors (Lipinski definition) is 6. The van der Waals surface area contributed by atoms with E-state index in [4.69, 9.17) is 23.7 Å². The largest absolute Gasteiger partial charge is 0.497 e. The fourth-order valence-electron chi connectivity index (χ4n) is 2.83. The molecular weight excluding hydrogens is 360 g/mol. The summed E-state index contributed by atoms with van der Waals surface area (Å²) in [6.45, 7) is 0.384. The summed E-state index contributed by atoms with van der Waals surface area (Å²) < 4.78 is 26.4. The topological polar surface area (TPSA) is 63.2 Å². The SMILES string of the molecule is COc1cc(CCC(=O)OCCCc2ccc(OC)c(OC)c2)cc(OC)c1. The molecule has 2 aromatic rings.